The summed E-state index contributed by atoms with van der Waals surface area (Å²) in [6, 6.07) is 0. The molecule has 0 spiro atoms. The summed E-state index contributed by atoms with van der Waals surface area (Å²) >= 11 is 0. The van der Waals surface area contributed by atoms with Crippen molar-refractivity contribution >= 4 is 27.3 Å². The highest BCUT2D eigenvalue weighted by molar-refractivity contribution is 6.60. The van der Waals surface area contributed by atoms with Gasteiger partial charge in [0.2, 0.25) is 5.91 Å². The lowest BCUT2D eigenvalue weighted by molar-refractivity contribution is -0.131. The van der Waals surface area contributed by atoms with Crippen LogP contribution in [0, 0.1) is 0 Å². The first-order valence-electron chi connectivity index (χ1n) is 12.2. The molecule has 0 unspecified atom stereocenters. The fourth-order valence-corrected chi connectivity index (χ4v) is 5.78. The monoisotopic (exact) mass is 479 g/mol. The number of unbranched alkanes of at least 4 members (excludes halogenated alkanes) is 11. The van der Waals surface area contributed by atoms with Crippen molar-refractivity contribution in [3.8, 4) is 0 Å². The fraction of sp³-hybridized carbons (Fsp3) is 0.875. The van der Waals surface area contributed by atoms with Crippen molar-refractivity contribution in [3.05, 3.63) is 12.2 Å². The Morgan fingerprint density at radius 1 is 0.710 bits per heavy atom. The van der Waals surface area contributed by atoms with Crippen molar-refractivity contribution in [2.24, 2.45) is 0 Å². The topological polar surface area (TPSA) is 48.0 Å². The smallest absolute Gasteiger partial charge is 0.360 e. The van der Waals surface area contributed by atoms with Crippen molar-refractivity contribution < 1.29 is 18.1 Å². The molecule has 186 valence electrons. The second-order valence-corrected chi connectivity index (χ2v) is 10.8. The molecule has 0 aliphatic carbocycles. The van der Waals surface area contributed by atoms with Gasteiger partial charge in [-0.1, -0.05) is 77.4 Å². The summed E-state index contributed by atoms with van der Waals surface area (Å²) in [5.74, 6) is 0.0756. The Balaban J connectivity index is 0. The third-order valence-electron chi connectivity index (χ3n) is 5.51. The van der Waals surface area contributed by atoms with Crippen LogP contribution < -0.4 is 0 Å². The highest BCUT2D eigenvalue weighted by atomic mass is 35.5. The van der Waals surface area contributed by atoms with Crippen LogP contribution in [0.25, 0.3) is 0 Å². The third kappa shape index (κ3) is 15.1. The molecular weight excluding hydrogens is 430 g/mol. The van der Waals surface area contributed by atoms with E-state index in [1.165, 1.54) is 70.6 Å². The number of amides is 1. The molecule has 0 saturated heterocycles. The number of allylic oxidation sites excluding steroid dienone is 2. The zero-order valence-electron chi connectivity index (χ0n) is 21.0. The van der Waals surface area contributed by atoms with Crippen LogP contribution in [-0.4, -0.2) is 47.3 Å². The van der Waals surface area contributed by atoms with Crippen LogP contribution in [0.4, 0.5) is 0 Å². The molecule has 0 radical (unpaired) electrons. The Morgan fingerprint density at radius 2 is 1.16 bits per heavy atom. The Hall–Kier alpha value is -0.403. The SMILES string of the molecule is CCCCCCCC/C=C\CCCCCCCC(=O)N(CCC)[Si](OC)(OC)OC.Cl. The van der Waals surface area contributed by atoms with Crippen LogP contribution in [-0.2, 0) is 18.1 Å². The minimum atomic E-state index is -3.06. The predicted octanol–water partition coefficient (Wildman–Crippen LogP) is 7.06. The highest BCUT2D eigenvalue weighted by Crippen LogP contribution is 2.17. The normalized spacial score (nSPS) is 11.6. The van der Waals surface area contributed by atoms with Crippen LogP contribution >= 0.6 is 12.4 Å². The van der Waals surface area contributed by atoms with Crippen molar-refractivity contribution in [1.82, 2.24) is 4.57 Å². The minimum absolute atomic E-state index is 0. The van der Waals surface area contributed by atoms with E-state index in [0.29, 0.717) is 13.0 Å². The van der Waals surface area contributed by atoms with Gasteiger partial charge in [0.15, 0.2) is 0 Å². The third-order valence-corrected chi connectivity index (χ3v) is 8.19. The molecule has 1 amide bonds. The number of hydrogen-bond acceptors (Lipinski definition) is 4. The number of nitrogens with zero attached hydrogens (tertiary/aromatic N) is 1. The van der Waals surface area contributed by atoms with E-state index in [2.05, 4.69) is 19.1 Å². The molecule has 0 aromatic carbocycles. The van der Waals surface area contributed by atoms with Crippen molar-refractivity contribution in [2.75, 3.05) is 27.9 Å². The van der Waals surface area contributed by atoms with E-state index in [4.69, 9.17) is 13.3 Å². The van der Waals surface area contributed by atoms with Gasteiger partial charge in [0.25, 0.3) is 0 Å². The first-order valence-corrected chi connectivity index (χ1v) is 13.9. The Kier molecular flexibility index (Phi) is 24.1. The number of rotatable bonds is 21. The van der Waals surface area contributed by atoms with Gasteiger partial charge in [-0.05, 0) is 38.5 Å². The molecule has 0 aliphatic heterocycles. The molecule has 0 bridgehead atoms. The molecule has 0 aromatic rings. The van der Waals surface area contributed by atoms with Crippen LogP contribution in [0.3, 0.4) is 0 Å². The zero-order chi connectivity index (χ0) is 22.5. The predicted molar refractivity (Wildman–Crippen MR) is 135 cm³/mol. The molecular formula is C24H50ClNO4Si. The summed E-state index contributed by atoms with van der Waals surface area (Å²) in [6.45, 7) is 4.91. The van der Waals surface area contributed by atoms with Gasteiger partial charge in [0.1, 0.15) is 0 Å². The van der Waals surface area contributed by atoms with Gasteiger partial charge in [-0.25, -0.2) is 0 Å². The first kappa shape index (κ1) is 32.8. The van der Waals surface area contributed by atoms with Crippen LogP contribution in [0.5, 0.6) is 0 Å². The van der Waals surface area contributed by atoms with Crippen molar-refractivity contribution in [2.45, 2.75) is 110 Å². The Labute approximate surface area is 200 Å². The van der Waals surface area contributed by atoms with Gasteiger partial charge in [-0.2, -0.15) is 0 Å². The quantitative estimate of drug-likeness (QED) is 0.100. The summed E-state index contributed by atoms with van der Waals surface area (Å²) in [7, 11) is 1.59. The molecule has 0 heterocycles. The lowest BCUT2D eigenvalue weighted by atomic mass is 10.1. The van der Waals surface area contributed by atoms with E-state index in [1.54, 1.807) is 25.9 Å². The van der Waals surface area contributed by atoms with E-state index >= 15 is 0 Å². The fourth-order valence-electron chi connectivity index (χ4n) is 3.70. The molecule has 0 atom stereocenters. The lowest BCUT2D eigenvalue weighted by Crippen LogP contribution is -2.61. The van der Waals surface area contributed by atoms with E-state index in [0.717, 1.165) is 19.3 Å². The van der Waals surface area contributed by atoms with Gasteiger partial charge in [0, 0.05) is 34.3 Å². The maximum atomic E-state index is 12.7. The second kappa shape index (κ2) is 22.8. The van der Waals surface area contributed by atoms with Gasteiger partial charge in [-0.15, -0.1) is 12.4 Å². The number of halogens is 1. The molecule has 0 aromatic heterocycles. The van der Waals surface area contributed by atoms with Crippen LogP contribution in [0.2, 0.25) is 0 Å². The maximum Gasteiger partial charge on any atom is 0.635 e. The molecule has 0 aliphatic rings. The second-order valence-electron chi connectivity index (χ2n) is 8.02. The van der Waals surface area contributed by atoms with E-state index < -0.39 is 8.97 Å². The van der Waals surface area contributed by atoms with Gasteiger partial charge in [-0.3, -0.25) is 4.79 Å². The van der Waals surface area contributed by atoms with Crippen molar-refractivity contribution in [1.29, 1.82) is 0 Å². The molecule has 5 nitrogen and oxygen atoms in total. The summed E-state index contributed by atoms with van der Waals surface area (Å²) in [5, 5.41) is 0. The molecule has 0 fully saturated rings. The summed E-state index contributed by atoms with van der Waals surface area (Å²) in [6.07, 6.45) is 22.4. The Morgan fingerprint density at radius 3 is 1.61 bits per heavy atom. The standard InChI is InChI=1S/C24H49NO4Si.ClH/c1-6-8-9-10-11-12-13-14-15-16-17-18-19-20-21-22-24(26)25(23-7-2)30(27-3,28-4)29-5;/h14-15H,6-13,16-23H2,1-5H3;1H/b15-14-;. The van der Waals surface area contributed by atoms with Crippen LogP contribution in [0.1, 0.15) is 110 Å². The lowest BCUT2D eigenvalue weighted by Gasteiger charge is -2.35. The summed E-state index contributed by atoms with van der Waals surface area (Å²) < 4.78 is 18.2. The summed E-state index contributed by atoms with van der Waals surface area (Å²) in [5.41, 5.74) is 0. The number of carbonyl (C=O) groups excluding carboxylic acids is 1. The summed E-state index contributed by atoms with van der Waals surface area (Å²) in [4.78, 5) is 12.7. The van der Waals surface area contributed by atoms with E-state index in [1.807, 2.05) is 6.92 Å². The van der Waals surface area contributed by atoms with Gasteiger partial charge < -0.3 is 17.8 Å². The van der Waals surface area contributed by atoms with Gasteiger partial charge >= 0.3 is 8.97 Å². The zero-order valence-corrected chi connectivity index (χ0v) is 22.8. The molecule has 0 saturated carbocycles. The molecule has 31 heavy (non-hydrogen) atoms. The molecule has 0 rings (SSSR count). The maximum absolute atomic E-state index is 12.7. The Bertz CT molecular complexity index is 426. The van der Waals surface area contributed by atoms with E-state index in [9.17, 15) is 4.79 Å². The average molecular weight is 480 g/mol. The number of carbonyl (C=O) groups is 1. The van der Waals surface area contributed by atoms with Gasteiger partial charge in [0.05, 0.1) is 0 Å². The molecule has 0 N–H and O–H groups in total. The van der Waals surface area contributed by atoms with Crippen molar-refractivity contribution in [3.63, 3.8) is 0 Å². The van der Waals surface area contributed by atoms with E-state index in [-0.39, 0.29) is 18.3 Å². The first-order chi connectivity index (χ1) is 14.6. The molecule has 7 heteroatoms. The van der Waals surface area contributed by atoms with Crippen LogP contribution in [0.15, 0.2) is 12.2 Å². The average Bonchev–Trinajstić information content (AvgIpc) is 2.77. The largest absolute Gasteiger partial charge is 0.635 e. The number of hydrogen-bond donors (Lipinski definition) is 0. The highest BCUT2D eigenvalue weighted by Gasteiger charge is 2.49. The minimum Gasteiger partial charge on any atom is -0.360 e.